The van der Waals surface area contributed by atoms with E-state index in [0.717, 1.165) is 16.0 Å². The van der Waals surface area contributed by atoms with Crippen LogP contribution in [0.1, 0.15) is 16.1 Å². The fraction of sp³-hybridized carbons (Fsp3) is 0.105. The highest BCUT2D eigenvalue weighted by molar-refractivity contribution is 7.22. The fourth-order valence-corrected chi connectivity index (χ4v) is 3.61. The van der Waals surface area contributed by atoms with Gasteiger partial charge in [0.15, 0.2) is 5.13 Å². The Morgan fingerprint density at radius 2 is 2.00 bits per heavy atom. The number of anilines is 1. The van der Waals surface area contributed by atoms with Crippen molar-refractivity contribution in [3.63, 3.8) is 0 Å². The van der Waals surface area contributed by atoms with Gasteiger partial charge in [0.2, 0.25) is 0 Å². The molecule has 0 aliphatic heterocycles. The third kappa shape index (κ3) is 3.26. The quantitative estimate of drug-likeness (QED) is 0.575. The number of thiazole rings is 1. The number of aromatic nitrogens is 3. The number of nitrogens with zero attached hydrogens (tertiary/aromatic N) is 3. The maximum absolute atomic E-state index is 13.1. The predicted octanol–water partition coefficient (Wildman–Crippen LogP) is 4.19. The summed E-state index contributed by atoms with van der Waals surface area (Å²) in [6.45, 7) is 1.79. The summed E-state index contributed by atoms with van der Waals surface area (Å²) in [4.78, 5) is 17.1. The normalized spacial score (nSPS) is 10.9. The Kier molecular flexibility index (Phi) is 4.33. The van der Waals surface area contributed by atoms with Gasteiger partial charge in [-0.15, -0.1) is 0 Å². The molecule has 4 rings (SSSR count). The highest BCUT2D eigenvalue weighted by atomic mass is 32.1. The molecule has 0 aliphatic carbocycles. The summed E-state index contributed by atoms with van der Waals surface area (Å²) < 4.78 is 20.8. The van der Waals surface area contributed by atoms with Crippen LogP contribution < -0.4 is 10.1 Å². The molecule has 1 N–H and O–H groups in total. The topological polar surface area (TPSA) is 69.0 Å². The molecule has 0 bridgehead atoms. The largest absolute Gasteiger partial charge is 0.497 e. The lowest BCUT2D eigenvalue weighted by Gasteiger charge is -2.05. The Morgan fingerprint density at radius 1 is 1.22 bits per heavy atom. The lowest BCUT2D eigenvalue weighted by molar-refractivity contribution is 0.102. The van der Waals surface area contributed by atoms with E-state index in [2.05, 4.69) is 15.4 Å². The molecule has 0 radical (unpaired) electrons. The van der Waals surface area contributed by atoms with Gasteiger partial charge in [-0.05, 0) is 49.4 Å². The zero-order valence-corrected chi connectivity index (χ0v) is 15.4. The fourth-order valence-electron chi connectivity index (χ4n) is 2.72. The number of fused-ring (bicyclic) bond motifs is 1. The number of nitrogens with one attached hydrogen (secondary N) is 1. The molecule has 2 aromatic heterocycles. The average Bonchev–Trinajstić information content (AvgIpc) is 3.24. The van der Waals surface area contributed by atoms with Gasteiger partial charge >= 0.3 is 0 Å². The molecule has 8 heteroatoms. The second-order valence-electron chi connectivity index (χ2n) is 5.84. The van der Waals surface area contributed by atoms with Crippen molar-refractivity contribution in [3.05, 3.63) is 65.7 Å². The van der Waals surface area contributed by atoms with Crippen LogP contribution >= 0.6 is 11.3 Å². The average molecular weight is 382 g/mol. The van der Waals surface area contributed by atoms with E-state index in [1.54, 1.807) is 30.8 Å². The maximum atomic E-state index is 13.1. The van der Waals surface area contributed by atoms with Gasteiger partial charge in [-0.3, -0.25) is 10.1 Å². The van der Waals surface area contributed by atoms with Crippen LogP contribution in [0, 0.1) is 12.7 Å². The lowest BCUT2D eigenvalue weighted by atomic mass is 10.2. The first kappa shape index (κ1) is 17.2. The third-order valence-corrected chi connectivity index (χ3v) is 5.08. The van der Waals surface area contributed by atoms with E-state index < -0.39 is 0 Å². The molecule has 0 spiro atoms. The Morgan fingerprint density at radius 3 is 2.74 bits per heavy atom. The first-order chi connectivity index (χ1) is 13.0. The molecular weight excluding hydrogens is 367 g/mol. The van der Waals surface area contributed by atoms with E-state index in [9.17, 15) is 9.18 Å². The molecule has 1 amide bonds. The van der Waals surface area contributed by atoms with Crippen LogP contribution in [0.25, 0.3) is 15.9 Å². The van der Waals surface area contributed by atoms with Crippen LogP contribution in [0.15, 0.2) is 48.7 Å². The third-order valence-electron chi connectivity index (χ3n) is 4.14. The Hall–Kier alpha value is -3.26. The van der Waals surface area contributed by atoms with Crippen molar-refractivity contribution in [2.45, 2.75) is 6.92 Å². The van der Waals surface area contributed by atoms with Gasteiger partial charge in [0.25, 0.3) is 5.91 Å². The summed E-state index contributed by atoms with van der Waals surface area (Å²) >= 11 is 1.37. The molecular formula is C19H15FN4O2S. The molecule has 2 aromatic carbocycles. The molecule has 2 heterocycles. The molecule has 136 valence electrons. The van der Waals surface area contributed by atoms with Crippen molar-refractivity contribution < 1.29 is 13.9 Å². The molecule has 6 nitrogen and oxygen atoms in total. The van der Waals surface area contributed by atoms with E-state index >= 15 is 0 Å². The molecule has 0 saturated carbocycles. The second kappa shape index (κ2) is 6.81. The van der Waals surface area contributed by atoms with Crippen molar-refractivity contribution in [2.75, 3.05) is 12.4 Å². The zero-order chi connectivity index (χ0) is 19.0. The van der Waals surface area contributed by atoms with Crippen LogP contribution in [0.3, 0.4) is 0 Å². The van der Waals surface area contributed by atoms with Gasteiger partial charge in [-0.2, -0.15) is 5.10 Å². The Balaban J connectivity index is 1.59. The van der Waals surface area contributed by atoms with Crippen molar-refractivity contribution in [1.82, 2.24) is 14.8 Å². The minimum atomic E-state index is -0.325. The van der Waals surface area contributed by atoms with E-state index in [0.29, 0.717) is 22.1 Å². The van der Waals surface area contributed by atoms with Crippen molar-refractivity contribution in [1.29, 1.82) is 0 Å². The molecule has 0 fully saturated rings. The zero-order valence-electron chi connectivity index (χ0n) is 14.6. The monoisotopic (exact) mass is 382 g/mol. The Bertz CT molecular complexity index is 1130. The molecule has 0 atom stereocenters. The Labute approximate surface area is 158 Å². The summed E-state index contributed by atoms with van der Waals surface area (Å²) in [5, 5.41) is 7.56. The van der Waals surface area contributed by atoms with Gasteiger partial charge < -0.3 is 4.74 Å². The molecule has 0 unspecified atom stereocenters. The van der Waals surface area contributed by atoms with Gasteiger partial charge in [0, 0.05) is 0 Å². The number of rotatable bonds is 4. The number of carbonyl (C=O) groups is 1. The number of hydrogen-bond donors (Lipinski definition) is 1. The first-order valence-corrected chi connectivity index (χ1v) is 8.93. The van der Waals surface area contributed by atoms with E-state index in [4.69, 9.17) is 4.74 Å². The van der Waals surface area contributed by atoms with E-state index in [-0.39, 0.29) is 11.7 Å². The lowest BCUT2D eigenvalue weighted by Crippen LogP contribution is -2.12. The number of amides is 1. The smallest absolute Gasteiger partial charge is 0.260 e. The predicted molar refractivity (Wildman–Crippen MR) is 102 cm³/mol. The van der Waals surface area contributed by atoms with Crippen LogP contribution in [0.2, 0.25) is 0 Å². The molecule has 27 heavy (non-hydrogen) atoms. The summed E-state index contributed by atoms with van der Waals surface area (Å²) in [7, 11) is 1.60. The van der Waals surface area contributed by atoms with Crippen molar-refractivity contribution in [2.24, 2.45) is 0 Å². The standard InChI is InChI=1S/C19H15FN4O2S/c1-11-15(10-21-24(11)13-5-3-12(20)4-6-13)18(25)23-19-22-16-8-7-14(26-2)9-17(16)27-19/h3-10H,1-2H3,(H,22,23,25). The number of hydrogen-bond acceptors (Lipinski definition) is 5. The van der Waals surface area contributed by atoms with Crippen molar-refractivity contribution >= 4 is 32.6 Å². The maximum Gasteiger partial charge on any atom is 0.260 e. The number of carbonyl (C=O) groups excluding carboxylic acids is 1. The van der Waals surface area contributed by atoms with Crippen LogP contribution in [-0.2, 0) is 0 Å². The van der Waals surface area contributed by atoms with Crippen LogP contribution in [0.5, 0.6) is 5.75 Å². The SMILES string of the molecule is COc1ccc2nc(NC(=O)c3cnn(-c4ccc(F)cc4)c3C)sc2c1. The highest BCUT2D eigenvalue weighted by Gasteiger charge is 2.17. The van der Waals surface area contributed by atoms with Gasteiger partial charge in [-0.25, -0.2) is 14.1 Å². The van der Waals surface area contributed by atoms with Crippen LogP contribution in [0.4, 0.5) is 9.52 Å². The minimum Gasteiger partial charge on any atom is -0.497 e. The van der Waals surface area contributed by atoms with Crippen LogP contribution in [-0.4, -0.2) is 27.8 Å². The van der Waals surface area contributed by atoms with Gasteiger partial charge in [0.05, 0.1) is 40.5 Å². The number of benzene rings is 2. The molecule has 0 saturated heterocycles. The van der Waals surface area contributed by atoms with E-state index in [1.165, 1.54) is 29.7 Å². The summed E-state index contributed by atoms with van der Waals surface area (Å²) in [6.07, 6.45) is 1.49. The number of ether oxygens (including phenoxy) is 1. The van der Waals surface area contributed by atoms with Gasteiger partial charge in [0.1, 0.15) is 11.6 Å². The summed E-state index contributed by atoms with van der Waals surface area (Å²) in [5.41, 5.74) is 2.55. The van der Waals surface area contributed by atoms with E-state index in [1.807, 2.05) is 18.2 Å². The second-order valence-corrected chi connectivity index (χ2v) is 6.87. The number of methoxy groups -OCH3 is 1. The summed E-state index contributed by atoms with van der Waals surface area (Å²) in [6, 6.07) is 11.5. The number of halogens is 1. The molecule has 0 aliphatic rings. The highest BCUT2D eigenvalue weighted by Crippen LogP contribution is 2.29. The molecule has 4 aromatic rings. The van der Waals surface area contributed by atoms with Gasteiger partial charge in [-0.1, -0.05) is 11.3 Å². The minimum absolute atomic E-state index is 0.299. The first-order valence-electron chi connectivity index (χ1n) is 8.11. The van der Waals surface area contributed by atoms with Crippen molar-refractivity contribution in [3.8, 4) is 11.4 Å². The summed E-state index contributed by atoms with van der Waals surface area (Å²) in [5.74, 6) is 0.112.